The Bertz CT molecular complexity index is 580. The van der Waals surface area contributed by atoms with Crippen LogP contribution < -0.4 is 4.90 Å². The van der Waals surface area contributed by atoms with E-state index in [0.29, 0.717) is 6.04 Å². The summed E-state index contributed by atoms with van der Waals surface area (Å²) in [5, 5.41) is 1.15. The monoisotopic (exact) mass is 257 g/mol. The number of rotatable bonds is 1. The molecule has 1 atom stereocenters. The summed E-state index contributed by atoms with van der Waals surface area (Å²) in [7, 11) is 0. The van der Waals surface area contributed by atoms with Crippen LogP contribution in [0.25, 0.3) is 11.0 Å². The first-order chi connectivity index (χ1) is 9.42. The second-order valence-corrected chi connectivity index (χ2v) is 5.60. The van der Waals surface area contributed by atoms with E-state index in [1.165, 1.54) is 32.4 Å². The van der Waals surface area contributed by atoms with Crippen molar-refractivity contribution in [2.75, 3.05) is 31.1 Å². The molecule has 2 fully saturated rings. The summed E-state index contributed by atoms with van der Waals surface area (Å²) in [6.07, 6.45) is 7.68. The second kappa shape index (κ2) is 4.53. The Kier molecular flexibility index (Phi) is 2.69. The van der Waals surface area contributed by atoms with E-state index in [2.05, 4.69) is 14.8 Å². The Morgan fingerprint density at radius 2 is 2.16 bits per heavy atom. The number of aromatic nitrogens is 1. The minimum absolute atomic E-state index is 0.714. The van der Waals surface area contributed by atoms with Gasteiger partial charge in [0.25, 0.3) is 0 Å². The zero-order valence-corrected chi connectivity index (χ0v) is 11.1. The van der Waals surface area contributed by atoms with Gasteiger partial charge in [0.1, 0.15) is 11.4 Å². The van der Waals surface area contributed by atoms with Gasteiger partial charge in [0.05, 0.1) is 11.6 Å². The van der Waals surface area contributed by atoms with Gasteiger partial charge < -0.3 is 9.32 Å². The predicted octanol–water partition coefficient (Wildman–Crippen LogP) is 2.50. The molecule has 4 heterocycles. The Labute approximate surface area is 113 Å². The van der Waals surface area contributed by atoms with Crippen molar-refractivity contribution >= 4 is 16.8 Å². The maximum Gasteiger partial charge on any atom is 0.139 e. The number of anilines is 1. The normalized spacial score (nSPS) is 24.6. The summed E-state index contributed by atoms with van der Waals surface area (Å²) in [5.41, 5.74) is 0.941. The quantitative estimate of drug-likeness (QED) is 0.786. The van der Waals surface area contributed by atoms with E-state index in [1.54, 1.807) is 6.26 Å². The van der Waals surface area contributed by atoms with Crippen molar-refractivity contribution in [1.29, 1.82) is 0 Å². The smallest absolute Gasteiger partial charge is 0.139 e. The Hall–Kier alpha value is -1.55. The Morgan fingerprint density at radius 1 is 1.16 bits per heavy atom. The molecule has 0 radical (unpaired) electrons. The van der Waals surface area contributed by atoms with Crippen LogP contribution in [0.3, 0.4) is 0 Å². The van der Waals surface area contributed by atoms with Crippen LogP contribution in [0.4, 0.5) is 5.82 Å². The molecule has 0 aliphatic carbocycles. The van der Waals surface area contributed by atoms with Crippen LogP contribution in [0.1, 0.15) is 19.3 Å². The number of pyridine rings is 1. The maximum atomic E-state index is 5.48. The molecule has 2 aromatic rings. The van der Waals surface area contributed by atoms with E-state index < -0.39 is 0 Å². The van der Waals surface area contributed by atoms with Crippen LogP contribution in [-0.2, 0) is 0 Å². The highest BCUT2D eigenvalue weighted by atomic mass is 16.3. The molecule has 0 aromatic carbocycles. The number of hydrogen-bond acceptors (Lipinski definition) is 4. The molecule has 1 unspecified atom stereocenters. The molecule has 0 bridgehead atoms. The van der Waals surface area contributed by atoms with Crippen molar-refractivity contribution in [3.63, 3.8) is 0 Å². The number of piperidine rings is 1. The van der Waals surface area contributed by atoms with Crippen molar-refractivity contribution in [3.05, 3.63) is 24.6 Å². The Balaban J connectivity index is 1.64. The van der Waals surface area contributed by atoms with Gasteiger partial charge in [-0.25, -0.2) is 4.98 Å². The average molecular weight is 257 g/mol. The van der Waals surface area contributed by atoms with E-state index >= 15 is 0 Å². The van der Waals surface area contributed by atoms with Gasteiger partial charge in [0, 0.05) is 31.9 Å². The standard InChI is InChI=1S/C15H19N3O/c1-2-7-17-8-9-18(11-12(17)3-1)15-13-5-10-19-14(13)4-6-16-15/h4-6,10,12H,1-3,7-9,11H2. The van der Waals surface area contributed by atoms with Gasteiger partial charge >= 0.3 is 0 Å². The van der Waals surface area contributed by atoms with E-state index in [4.69, 9.17) is 4.42 Å². The third-order valence-corrected chi connectivity index (χ3v) is 4.50. The first-order valence-electron chi connectivity index (χ1n) is 7.23. The summed E-state index contributed by atoms with van der Waals surface area (Å²) in [4.78, 5) is 9.67. The van der Waals surface area contributed by atoms with Crippen molar-refractivity contribution in [2.24, 2.45) is 0 Å². The zero-order valence-electron chi connectivity index (χ0n) is 11.1. The lowest BCUT2D eigenvalue weighted by molar-refractivity contribution is 0.133. The van der Waals surface area contributed by atoms with Gasteiger partial charge in [-0.05, 0) is 31.5 Å². The van der Waals surface area contributed by atoms with Gasteiger partial charge in [-0.2, -0.15) is 0 Å². The first kappa shape index (κ1) is 11.3. The molecule has 0 saturated carbocycles. The summed E-state index contributed by atoms with van der Waals surface area (Å²) < 4.78 is 5.48. The average Bonchev–Trinajstić information content (AvgIpc) is 2.95. The summed E-state index contributed by atoms with van der Waals surface area (Å²) in [5.74, 6) is 1.09. The second-order valence-electron chi connectivity index (χ2n) is 5.60. The maximum absolute atomic E-state index is 5.48. The van der Waals surface area contributed by atoms with E-state index in [0.717, 1.165) is 29.9 Å². The minimum Gasteiger partial charge on any atom is -0.464 e. The minimum atomic E-state index is 0.714. The summed E-state index contributed by atoms with van der Waals surface area (Å²) in [6.45, 7) is 4.63. The number of fused-ring (bicyclic) bond motifs is 2. The van der Waals surface area contributed by atoms with Crippen LogP contribution in [-0.4, -0.2) is 42.1 Å². The van der Waals surface area contributed by atoms with Crippen LogP contribution in [0, 0.1) is 0 Å². The van der Waals surface area contributed by atoms with Gasteiger partial charge in [-0.3, -0.25) is 4.90 Å². The van der Waals surface area contributed by atoms with Crippen molar-refractivity contribution in [1.82, 2.24) is 9.88 Å². The number of hydrogen-bond donors (Lipinski definition) is 0. The van der Waals surface area contributed by atoms with E-state index in [1.807, 2.05) is 18.3 Å². The number of piperazine rings is 1. The molecule has 2 aliphatic heterocycles. The topological polar surface area (TPSA) is 32.5 Å². The lowest BCUT2D eigenvalue weighted by Crippen LogP contribution is -2.55. The fourth-order valence-electron chi connectivity index (χ4n) is 3.48. The van der Waals surface area contributed by atoms with Crippen molar-refractivity contribution < 1.29 is 4.42 Å². The molecule has 0 spiro atoms. The number of furan rings is 1. The molecule has 2 aromatic heterocycles. The van der Waals surface area contributed by atoms with Crippen molar-refractivity contribution in [3.8, 4) is 0 Å². The molecular formula is C15H19N3O. The first-order valence-corrected chi connectivity index (χ1v) is 7.23. The fourth-order valence-corrected chi connectivity index (χ4v) is 3.48. The Morgan fingerprint density at radius 3 is 3.16 bits per heavy atom. The highest BCUT2D eigenvalue weighted by molar-refractivity contribution is 5.88. The SMILES string of the molecule is c1cc2occc2c(N2CCN3CCCCC3C2)n1. The van der Waals surface area contributed by atoms with Gasteiger partial charge in [0.15, 0.2) is 0 Å². The fraction of sp³-hybridized carbons (Fsp3) is 0.533. The molecule has 2 aliphatic rings. The van der Waals surface area contributed by atoms with Gasteiger partial charge in [-0.1, -0.05) is 6.42 Å². The molecule has 19 heavy (non-hydrogen) atoms. The van der Waals surface area contributed by atoms with Crippen LogP contribution in [0.5, 0.6) is 0 Å². The molecule has 4 nitrogen and oxygen atoms in total. The molecule has 100 valence electrons. The van der Waals surface area contributed by atoms with Crippen LogP contribution in [0.2, 0.25) is 0 Å². The summed E-state index contributed by atoms with van der Waals surface area (Å²) >= 11 is 0. The van der Waals surface area contributed by atoms with E-state index in [-0.39, 0.29) is 0 Å². The van der Waals surface area contributed by atoms with Gasteiger partial charge in [-0.15, -0.1) is 0 Å². The lowest BCUT2D eigenvalue weighted by atomic mass is 9.99. The molecule has 2 saturated heterocycles. The highest BCUT2D eigenvalue weighted by Crippen LogP contribution is 2.29. The van der Waals surface area contributed by atoms with Gasteiger partial charge in [0.2, 0.25) is 0 Å². The van der Waals surface area contributed by atoms with Crippen LogP contribution in [0.15, 0.2) is 29.0 Å². The molecular weight excluding hydrogens is 238 g/mol. The van der Waals surface area contributed by atoms with E-state index in [9.17, 15) is 0 Å². The van der Waals surface area contributed by atoms with Crippen LogP contribution >= 0.6 is 0 Å². The molecule has 4 rings (SSSR count). The van der Waals surface area contributed by atoms with Crippen molar-refractivity contribution in [2.45, 2.75) is 25.3 Å². The largest absolute Gasteiger partial charge is 0.464 e. The third-order valence-electron chi connectivity index (χ3n) is 4.50. The molecule has 4 heteroatoms. The predicted molar refractivity (Wildman–Crippen MR) is 75.4 cm³/mol. The molecule has 0 amide bonds. The number of nitrogens with zero attached hydrogens (tertiary/aromatic N) is 3. The molecule has 0 N–H and O–H groups in total. The third kappa shape index (κ3) is 1.91. The zero-order chi connectivity index (χ0) is 12.7. The summed E-state index contributed by atoms with van der Waals surface area (Å²) in [6, 6.07) is 4.69. The lowest BCUT2D eigenvalue weighted by Gasteiger charge is -2.44. The highest BCUT2D eigenvalue weighted by Gasteiger charge is 2.30.